The van der Waals surface area contributed by atoms with Crippen LogP contribution in [0.5, 0.6) is 0 Å². The second-order valence-electron chi connectivity index (χ2n) is 7.22. The lowest BCUT2D eigenvalue weighted by Crippen LogP contribution is -2.45. The highest BCUT2D eigenvalue weighted by atomic mass is 32.2. The van der Waals surface area contributed by atoms with Gasteiger partial charge in [0, 0.05) is 19.6 Å². The molecule has 3 rings (SSSR count). The Morgan fingerprint density at radius 1 is 1.27 bits per heavy atom. The van der Waals surface area contributed by atoms with Gasteiger partial charge in [-0.15, -0.1) is 0 Å². The summed E-state index contributed by atoms with van der Waals surface area (Å²) in [7, 11) is -3.12. The first-order chi connectivity index (χ1) is 10.3. The summed E-state index contributed by atoms with van der Waals surface area (Å²) in [4.78, 5) is 6.83. The van der Waals surface area contributed by atoms with Crippen molar-refractivity contribution >= 4 is 21.5 Å². The number of hydrogen-bond donors (Lipinski definition) is 0. The molecule has 0 saturated carbocycles. The van der Waals surface area contributed by atoms with Crippen molar-refractivity contribution in [2.24, 2.45) is 11.3 Å². The number of sulfonamides is 1. The number of nitrogens with zero attached hydrogens (tertiary/aromatic N) is 3. The Kier molecular flexibility index (Phi) is 3.83. The lowest BCUT2D eigenvalue weighted by atomic mass is 9.75. The Bertz CT molecular complexity index is 640. The van der Waals surface area contributed by atoms with Gasteiger partial charge in [0.1, 0.15) is 5.82 Å². The van der Waals surface area contributed by atoms with E-state index in [4.69, 9.17) is 0 Å². The molecule has 2 aliphatic heterocycles. The van der Waals surface area contributed by atoms with Crippen molar-refractivity contribution in [3.8, 4) is 0 Å². The molecule has 2 saturated heterocycles. The van der Waals surface area contributed by atoms with Gasteiger partial charge in [-0.1, -0.05) is 20.8 Å². The van der Waals surface area contributed by atoms with Gasteiger partial charge in [0.25, 0.3) is 0 Å². The Labute approximate surface area is 133 Å². The van der Waals surface area contributed by atoms with E-state index in [0.29, 0.717) is 24.6 Å². The smallest absolute Gasteiger partial charge is 0.235 e. The summed E-state index contributed by atoms with van der Waals surface area (Å²) in [6.45, 7) is 9.48. The van der Waals surface area contributed by atoms with Gasteiger partial charge in [-0.05, 0) is 36.3 Å². The zero-order valence-electron chi connectivity index (χ0n) is 13.6. The average molecular weight is 323 g/mol. The molecule has 0 N–H and O–H groups in total. The van der Waals surface area contributed by atoms with Crippen LogP contribution in [-0.2, 0) is 10.0 Å². The van der Waals surface area contributed by atoms with Crippen LogP contribution >= 0.6 is 0 Å². The molecule has 3 heterocycles. The minimum Gasteiger partial charge on any atom is -0.356 e. The van der Waals surface area contributed by atoms with Crippen LogP contribution in [0.1, 0.15) is 33.6 Å². The normalized spacial score (nSPS) is 27.1. The van der Waals surface area contributed by atoms with Crippen LogP contribution in [0.15, 0.2) is 18.3 Å². The van der Waals surface area contributed by atoms with Crippen molar-refractivity contribution in [2.75, 3.05) is 34.6 Å². The van der Waals surface area contributed by atoms with E-state index >= 15 is 0 Å². The molecule has 0 bridgehead atoms. The molecule has 6 heteroatoms. The Hall–Kier alpha value is -1.30. The number of piperidine rings is 1. The third-order valence-corrected chi connectivity index (χ3v) is 7.08. The van der Waals surface area contributed by atoms with Crippen molar-refractivity contribution in [3.63, 3.8) is 0 Å². The van der Waals surface area contributed by atoms with E-state index in [2.05, 4.69) is 30.7 Å². The van der Waals surface area contributed by atoms with E-state index in [1.54, 1.807) is 6.20 Å². The molecule has 2 aliphatic rings. The standard InChI is InChI=1S/C16H25N3O2S/c1-13-7-9-18(12-16(13,2)3)15-6-5-14(11-17-15)19-8-4-10-22(19,20)21/h5-6,11,13H,4,7-10,12H2,1-3H3. The molecule has 122 valence electrons. The summed E-state index contributed by atoms with van der Waals surface area (Å²) in [6, 6.07) is 3.84. The highest BCUT2D eigenvalue weighted by Crippen LogP contribution is 2.36. The molecule has 1 aromatic rings. The van der Waals surface area contributed by atoms with E-state index in [9.17, 15) is 8.42 Å². The summed E-state index contributed by atoms with van der Waals surface area (Å²) >= 11 is 0. The van der Waals surface area contributed by atoms with Gasteiger partial charge in [0.05, 0.1) is 17.6 Å². The van der Waals surface area contributed by atoms with E-state index in [1.165, 1.54) is 4.31 Å². The van der Waals surface area contributed by atoms with Gasteiger partial charge in [-0.2, -0.15) is 0 Å². The second-order valence-corrected chi connectivity index (χ2v) is 9.23. The van der Waals surface area contributed by atoms with Crippen molar-refractivity contribution in [2.45, 2.75) is 33.6 Å². The van der Waals surface area contributed by atoms with Crippen LogP contribution in [0.4, 0.5) is 11.5 Å². The zero-order valence-corrected chi connectivity index (χ0v) is 14.4. The quantitative estimate of drug-likeness (QED) is 0.839. The monoisotopic (exact) mass is 323 g/mol. The van der Waals surface area contributed by atoms with Gasteiger partial charge >= 0.3 is 0 Å². The largest absolute Gasteiger partial charge is 0.356 e. The molecule has 1 unspecified atom stereocenters. The molecular formula is C16H25N3O2S. The Morgan fingerprint density at radius 2 is 2.05 bits per heavy atom. The van der Waals surface area contributed by atoms with Crippen molar-refractivity contribution in [1.29, 1.82) is 0 Å². The molecule has 0 amide bonds. The second kappa shape index (κ2) is 5.41. The first kappa shape index (κ1) is 15.6. The summed E-state index contributed by atoms with van der Waals surface area (Å²) in [5, 5.41) is 0. The minimum absolute atomic E-state index is 0.243. The molecule has 1 atom stereocenters. The predicted molar refractivity (Wildman–Crippen MR) is 89.8 cm³/mol. The summed E-state index contributed by atoms with van der Waals surface area (Å²) in [6.07, 6.45) is 3.56. The number of aromatic nitrogens is 1. The van der Waals surface area contributed by atoms with E-state index in [1.807, 2.05) is 12.1 Å². The summed E-state index contributed by atoms with van der Waals surface area (Å²) in [5.41, 5.74) is 0.961. The lowest BCUT2D eigenvalue weighted by Gasteiger charge is -2.43. The molecular weight excluding hydrogens is 298 g/mol. The minimum atomic E-state index is -3.12. The molecule has 0 spiro atoms. The van der Waals surface area contributed by atoms with Gasteiger partial charge in [0.2, 0.25) is 10.0 Å². The Balaban J connectivity index is 1.78. The predicted octanol–water partition coefficient (Wildman–Crippen LogP) is 2.49. The number of pyridine rings is 1. The molecule has 5 nitrogen and oxygen atoms in total. The highest BCUT2D eigenvalue weighted by molar-refractivity contribution is 7.93. The fourth-order valence-electron chi connectivity index (χ4n) is 3.30. The number of hydrogen-bond acceptors (Lipinski definition) is 4. The third-order valence-electron chi connectivity index (χ3n) is 5.21. The molecule has 1 aromatic heterocycles. The fraction of sp³-hybridized carbons (Fsp3) is 0.688. The van der Waals surface area contributed by atoms with Crippen LogP contribution in [0.3, 0.4) is 0 Å². The molecule has 2 fully saturated rings. The lowest BCUT2D eigenvalue weighted by molar-refractivity contribution is 0.193. The van der Waals surface area contributed by atoms with Crippen molar-refractivity contribution in [1.82, 2.24) is 4.98 Å². The van der Waals surface area contributed by atoms with Crippen LogP contribution in [-0.4, -0.2) is 38.8 Å². The van der Waals surface area contributed by atoms with Crippen LogP contribution in [0.2, 0.25) is 0 Å². The summed E-state index contributed by atoms with van der Waals surface area (Å²) < 4.78 is 25.4. The number of rotatable bonds is 2. The average Bonchev–Trinajstić information content (AvgIpc) is 2.81. The van der Waals surface area contributed by atoms with Crippen LogP contribution < -0.4 is 9.21 Å². The van der Waals surface area contributed by atoms with Crippen molar-refractivity contribution in [3.05, 3.63) is 18.3 Å². The molecule has 22 heavy (non-hydrogen) atoms. The van der Waals surface area contributed by atoms with Gasteiger partial charge in [-0.25, -0.2) is 13.4 Å². The molecule has 0 radical (unpaired) electrons. The van der Waals surface area contributed by atoms with Gasteiger partial charge in [-0.3, -0.25) is 4.31 Å². The first-order valence-corrected chi connectivity index (χ1v) is 9.62. The van der Waals surface area contributed by atoms with E-state index < -0.39 is 10.0 Å². The zero-order chi connectivity index (χ0) is 16.0. The maximum Gasteiger partial charge on any atom is 0.235 e. The molecule has 0 aromatic carbocycles. The van der Waals surface area contributed by atoms with Gasteiger partial charge < -0.3 is 4.90 Å². The fourth-order valence-corrected chi connectivity index (χ4v) is 4.86. The van der Waals surface area contributed by atoms with E-state index in [0.717, 1.165) is 25.3 Å². The Morgan fingerprint density at radius 3 is 2.59 bits per heavy atom. The number of anilines is 2. The SMILES string of the molecule is CC1CCN(c2ccc(N3CCCS3(=O)=O)cn2)CC1(C)C. The highest BCUT2D eigenvalue weighted by Gasteiger charge is 2.33. The third kappa shape index (κ3) is 2.81. The van der Waals surface area contributed by atoms with Gasteiger partial charge in [0.15, 0.2) is 0 Å². The van der Waals surface area contributed by atoms with Crippen molar-refractivity contribution < 1.29 is 8.42 Å². The maximum atomic E-state index is 12.0. The topological polar surface area (TPSA) is 53.5 Å². The maximum absolute atomic E-state index is 12.0. The van der Waals surface area contributed by atoms with E-state index in [-0.39, 0.29) is 11.2 Å². The molecule has 0 aliphatic carbocycles. The van der Waals surface area contributed by atoms with Crippen LogP contribution in [0, 0.1) is 11.3 Å². The summed E-state index contributed by atoms with van der Waals surface area (Å²) in [5.74, 6) is 1.89. The van der Waals surface area contributed by atoms with Crippen LogP contribution in [0.25, 0.3) is 0 Å². The first-order valence-electron chi connectivity index (χ1n) is 8.01.